The second-order valence-corrected chi connectivity index (χ2v) is 7.35. The number of nitrogens with one attached hydrogen (secondary N) is 2. The predicted octanol–water partition coefficient (Wildman–Crippen LogP) is 3.05. The lowest BCUT2D eigenvalue weighted by atomic mass is 10.0. The van der Waals surface area contributed by atoms with Gasteiger partial charge in [-0.15, -0.1) is 0 Å². The summed E-state index contributed by atoms with van der Waals surface area (Å²) in [7, 11) is 1.58. The van der Waals surface area contributed by atoms with Crippen LogP contribution in [0.1, 0.15) is 15.9 Å². The van der Waals surface area contributed by atoms with Crippen LogP contribution >= 0.6 is 0 Å². The van der Waals surface area contributed by atoms with Gasteiger partial charge in [0.05, 0.1) is 7.11 Å². The summed E-state index contributed by atoms with van der Waals surface area (Å²) >= 11 is 0. The first-order chi connectivity index (χ1) is 15.2. The van der Waals surface area contributed by atoms with Gasteiger partial charge in [0, 0.05) is 31.7 Å². The molecular formula is C25H25N3O3. The molecule has 1 fully saturated rings. The third-order valence-electron chi connectivity index (χ3n) is 5.36. The van der Waals surface area contributed by atoms with Crippen molar-refractivity contribution in [1.29, 1.82) is 0 Å². The van der Waals surface area contributed by atoms with Gasteiger partial charge in [-0.1, -0.05) is 42.5 Å². The fourth-order valence-corrected chi connectivity index (χ4v) is 3.66. The molecule has 0 unspecified atom stereocenters. The molecule has 3 aromatic carbocycles. The molecule has 0 bridgehead atoms. The smallest absolute Gasteiger partial charge is 0.270 e. The van der Waals surface area contributed by atoms with Crippen LogP contribution in [0, 0.1) is 0 Å². The maximum atomic E-state index is 13.3. The summed E-state index contributed by atoms with van der Waals surface area (Å²) in [6.45, 7) is 2.67. The first kappa shape index (κ1) is 20.6. The number of fused-ring (bicyclic) bond motifs is 1. The Kier molecular flexibility index (Phi) is 6.29. The summed E-state index contributed by atoms with van der Waals surface area (Å²) in [6.07, 6.45) is 1.77. The second-order valence-electron chi connectivity index (χ2n) is 7.35. The van der Waals surface area contributed by atoms with E-state index in [-0.39, 0.29) is 17.5 Å². The van der Waals surface area contributed by atoms with Gasteiger partial charge >= 0.3 is 0 Å². The van der Waals surface area contributed by atoms with Crippen LogP contribution < -0.4 is 15.4 Å². The summed E-state index contributed by atoms with van der Waals surface area (Å²) in [5, 5.41) is 8.20. The zero-order valence-electron chi connectivity index (χ0n) is 17.4. The number of benzene rings is 3. The lowest BCUT2D eigenvalue weighted by molar-refractivity contribution is -0.127. The Morgan fingerprint density at radius 2 is 1.68 bits per heavy atom. The first-order valence-corrected chi connectivity index (χ1v) is 10.3. The van der Waals surface area contributed by atoms with Crippen LogP contribution in [0.3, 0.4) is 0 Å². The Labute approximate surface area is 181 Å². The van der Waals surface area contributed by atoms with Gasteiger partial charge in [0.2, 0.25) is 0 Å². The van der Waals surface area contributed by atoms with Gasteiger partial charge in [-0.2, -0.15) is 0 Å². The summed E-state index contributed by atoms with van der Waals surface area (Å²) in [5.41, 5.74) is 1.60. The monoisotopic (exact) mass is 415 g/mol. The van der Waals surface area contributed by atoms with E-state index in [4.69, 9.17) is 4.74 Å². The number of ether oxygens (including phenoxy) is 1. The lowest BCUT2D eigenvalue weighted by Gasteiger charge is -2.28. The molecule has 0 spiro atoms. The number of rotatable bonds is 5. The molecule has 2 N–H and O–H groups in total. The van der Waals surface area contributed by atoms with Crippen molar-refractivity contribution in [1.82, 2.24) is 15.5 Å². The number of amides is 2. The highest BCUT2D eigenvalue weighted by atomic mass is 16.5. The number of carbonyl (C=O) groups excluding carboxylic acids is 2. The highest BCUT2D eigenvalue weighted by molar-refractivity contribution is 6.06. The molecule has 0 atom stereocenters. The molecular weight excluding hydrogens is 390 g/mol. The summed E-state index contributed by atoms with van der Waals surface area (Å²) < 4.78 is 5.16. The Bertz CT molecular complexity index is 1110. The fraction of sp³-hybridized carbons (Fsp3) is 0.200. The molecule has 0 aliphatic carbocycles. The molecule has 0 radical (unpaired) electrons. The van der Waals surface area contributed by atoms with E-state index in [1.807, 2.05) is 42.5 Å². The quantitative estimate of drug-likeness (QED) is 0.629. The van der Waals surface area contributed by atoms with Crippen molar-refractivity contribution >= 4 is 28.7 Å². The highest BCUT2D eigenvalue weighted by Gasteiger charge is 2.22. The SMILES string of the molecule is COc1ccc(C(=O)N/C(=C/c2cccc3ccccc23)C(=O)N2CCNCC2)cc1. The summed E-state index contributed by atoms with van der Waals surface area (Å²) in [4.78, 5) is 28.0. The van der Waals surface area contributed by atoms with E-state index in [1.54, 1.807) is 42.4 Å². The molecule has 0 saturated carbocycles. The number of hydrogen-bond donors (Lipinski definition) is 2. The number of methoxy groups -OCH3 is 1. The van der Waals surface area contributed by atoms with Gasteiger partial charge < -0.3 is 20.3 Å². The van der Waals surface area contributed by atoms with E-state index in [1.165, 1.54) is 0 Å². The Morgan fingerprint density at radius 1 is 0.968 bits per heavy atom. The average Bonchev–Trinajstić information content (AvgIpc) is 2.84. The van der Waals surface area contributed by atoms with Gasteiger partial charge in [0.15, 0.2) is 0 Å². The van der Waals surface area contributed by atoms with Crippen molar-refractivity contribution in [3.63, 3.8) is 0 Å². The van der Waals surface area contributed by atoms with E-state index >= 15 is 0 Å². The zero-order valence-corrected chi connectivity index (χ0v) is 17.4. The fourth-order valence-electron chi connectivity index (χ4n) is 3.66. The number of carbonyl (C=O) groups is 2. The Hall–Kier alpha value is -3.64. The van der Waals surface area contributed by atoms with Gasteiger partial charge in [-0.05, 0) is 46.7 Å². The number of piperazine rings is 1. The predicted molar refractivity (Wildman–Crippen MR) is 122 cm³/mol. The molecule has 6 nitrogen and oxygen atoms in total. The van der Waals surface area contributed by atoms with Gasteiger partial charge in [-0.25, -0.2) is 0 Å². The van der Waals surface area contributed by atoms with Crippen LogP contribution in [0.5, 0.6) is 5.75 Å². The topological polar surface area (TPSA) is 70.7 Å². The normalized spacial score (nSPS) is 14.4. The molecule has 3 aromatic rings. The van der Waals surface area contributed by atoms with Crippen molar-refractivity contribution in [3.8, 4) is 5.75 Å². The zero-order chi connectivity index (χ0) is 21.6. The molecule has 31 heavy (non-hydrogen) atoms. The van der Waals surface area contributed by atoms with E-state index < -0.39 is 0 Å². The largest absolute Gasteiger partial charge is 0.497 e. The molecule has 2 amide bonds. The molecule has 1 aliphatic rings. The van der Waals surface area contributed by atoms with Crippen molar-refractivity contribution in [3.05, 3.63) is 83.6 Å². The molecule has 158 valence electrons. The minimum atomic E-state index is -0.336. The Morgan fingerprint density at radius 3 is 2.42 bits per heavy atom. The van der Waals surface area contributed by atoms with E-state index in [0.29, 0.717) is 24.4 Å². The van der Waals surface area contributed by atoms with Gasteiger partial charge in [0.25, 0.3) is 11.8 Å². The van der Waals surface area contributed by atoms with Crippen LogP contribution in [0.4, 0.5) is 0 Å². The third kappa shape index (κ3) is 4.75. The standard InChI is InChI=1S/C25H25N3O3/c1-31-21-11-9-19(10-12-21)24(29)27-23(25(30)28-15-13-26-14-16-28)17-20-7-4-6-18-5-2-3-8-22(18)20/h2-12,17,26H,13-16H2,1H3,(H,27,29)/b23-17+. The molecule has 6 heteroatoms. The van der Waals surface area contributed by atoms with Crippen molar-refractivity contribution in [2.45, 2.75) is 0 Å². The summed E-state index contributed by atoms with van der Waals surface area (Å²) in [5.74, 6) is 0.147. The van der Waals surface area contributed by atoms with Crippen LogP contribution in [-0.4, -0.2) is 50.0 Å². The Balaban J connectivity index is 1.69. The molecule has 4 rings (SSSR count). The lowest BCUT2D eigenvalue weighted by Crippen LogP contribution is -2.48. The summed E-state index contributed by atoms with van der Waals surface area (Å²) in [6, 6.07) is 20.7. The third-order valence-corrected chi connectivity index (χ3v) is 5.36. The van der Waals surface area contributed by atoms with Crippen molar-refractivity contribution < 1.29 is 14.3 Å². The molecule has 1 aliphatic heterocycles. The minimum Gasteiger partial charge on any atom is -0.497 e. The van der Waals surface area contributed by atoms with E-state index in [2.05, 4.69) is 10.6 Å². The maximum absolute atomic E-state index is 13.3. The highest BCUT2D eigenvalue weighted by Crippen LogP contribution is 2.21. The van der Waals surface area contributed by atoms with Crippen molar-refractivity contribution in [2.75, 3.05) is 33.3 Å². The maximum Gasteiger partial charge on any atom is 0.270 e. The second kappa shape index (κ2) is 9.45. The van der Waals surface area contributed by atoms with Crippen LogP contribution in [0.25, 0.3) is 16.8 Å². The molecule has 0 aromatic heterocycles. The van der Waals surface area contributed by atoms with Crippen LogP contribution in [0.15, 0.2) is 72.4 Å². The van der Waals surface area contributed by atoms with Crippen molar-refractivity contribution in [2.24, 2.45) is 0 Å². The number of nitrogens with zero attached hydrogens (tertiary/aromatic N) is 1. The average molecular weight is 415 g/mol. The van der Waals surface area contributed by atoms with Gasteiger partial charge in [-0.3, -0.25) is 9.59 Å². The minimum absolute atomic E-state index is 0.184. The number of hydrogen-bond acceptors (Lipinski definition) is 4. The van der Waals surface area contributed by atoms with E-state index in [9.17, 15) is 9.59 Å². The van der Waals surface area contributed by atoms with Gasteiger partial charge in [0.1, 0.15) is 11.4 Å². The van der Waals surface area contributed by atoms with Crippen LogP contribution in [0.2, 0.25) is 0 Å². The molecule has 1 saturated heterocycles. The molecule has 1 heterocycles. The first-order valence-electron chi connectivity index (χ1n) is 10.3. The van der Waals surface area contributed by atoms with Crippen LogP contribution in [-0.2, 0) is 4.79 Å². The van der Waals surface area contributed by atoms with E-state index in [0.717, 1.165) is 29.4 Å².